The van der Waals surface area contributed by atoms with Gasteiger partial charge in [-0.2, -0.15) is 0 Å². The zero-order valence-electron chi connectivity index (χ0n) is 30.6. The van der Waals surface area contributed by atoms with Crippen LogP contribution in [0.2, 0.25) is 0 Å². The van der Waals surface area contributed by atoms with Gasteiger partial charge in [0, 0.05) is 26.1 Å². The number of aliphatic hydroxyl groups is 1. The number of fused-ring (bicyclic) bond motifs is 2. The molecule has 0 heterocycles. The zero-order chi connectivity index (χ0) is 33.2. The fourth-order valence-corrected chi connectivity index (χ4v) is 10.2. The highest BCUT2D eigenvalue weighted by atomic mass is 16.7. The molecule has 1 aromatic carbocycles. The molecule has 0 spiro atoms. The quantitative estimate of drug-likeness (QED) is 0.165. The molecule has 0 radical (unpaired) electrons. The van der Waals surface area contributed by atoms with Crippen LogP contribution in [0.25, 0.3) is 0 Å². The second kappa shape index (κ2) is 14.4. The second-order valence-electron chi connectivity index (χ2n) is 16.5. The molecule has 3 aliphatic rings. The van der Waals surface area contributed by atoms with Crippen molar-refractivity contribution in [3.05, 3.63) is 41.0 Å². The molecule has 1 saturated carbocycles. The van der Waals surface area contributed by atoms with E-state index in [4.69, 9.17) is 18.9 Å². The Bertz CT molecular complexity index is 1130. The fourth-order valence-electron chi connectivity index (χ4n) is 10.2. The van der Waals surface area contributed by atoms with Gasteiger partial charge in [-0.3, -0.25) is 0 Å². The molecule has 0 bridgehead atoms. The molecular formula is C40H66O5. The Hall–Kier alpha value is -1.40. The van der Waals surface area contributed by atoms with Crippen molar-refractivity contribution in [1.82, 2.24) is 0 Å². The highest BCUT2D eigenvalue weighted by Crippen LogP contribution is 2.66. The van der Waals surface area contributed by atoms with Gasteiger partial charge >= 0.3 is 0 Å². The van der Waals surface area contributed by atoms with E-state index in [0.29, 0.717) is 30.3 Å². The number of hydrogen-bond acceptors (Lipinski definition) is 5. The fraction of sp³-hybridized carbons (Fsp3) is 0.800. The number of ether oxygens (including phenoxy) is 4. The van der Waals surface area contributed by atoms with Crippen LogP contribution in [-0.2, 0) is 20.8 Å². The molecule has 0 saturated heterocycles. The normalized spacial score (nSPS) is 32.8. The lowest BCUT2D eigenvalue weighted by Crippen LogP contribution is -2.59. The van der Waals surface area contributed by atoms with Crippen LogP contribution >= 0.6 is 0 Å². The van der Waals surface area contributed by atoms with E-state index >= 15 is 0 Å². The summed E-state index contributed by atoms with van der Waals surface area (Å²) in [5.41, 5.74) is 3.09. The Morgan fingerprint density at radius 3 is 2.11 bits per heavy atom. The minimum atomic E-state index is -0.872. The Labute approximate surface area is 275 Å². The molecule has 0 unspecified atom stereocenters. The van der Waals surface area contributed by atoms with Gasteiger partial charge in [0.05, 0.1) is 25.4 Å². The van der Waals surface area contributed by atoms with Crippen molar-refractivity contribution in [1.29, 1.82) is 0 Å². The lowest BCUT2D eigenvalue weighted by atomic mass is 9.44. The van der Waals surface area contributed by atoms with Crippen LogP contribution in [0.4, 0.5) is 0 Å². The smallest absolute Gasteiger partial charge is 0.157 e. The average molecular weight is 627 g/mol. The zero-order valence-corrected chi connectivity index (χ0v) is 30.6. The first kappa shape index (κ1) is 36.4. The predicted molar refractivity (Wildman–Crippen MR) is 184 cm³/mol. The molecule has 5 heteroatoms. The van der Waals surface area contributed by atoms with Gasteiger partial charge in [-0.1, -0.05) is 85.4 Å². The molecule has 0 aromatic heterocycles. The number of methoxy groups -OCH3 is 3. The van der Waals surface area contributed by atoms with Gasteiger partial charge in [0.25, 0.3) is 0 Å². The van der Waals surface area contributed by atoms with E-state index in [1.54, 1.807) is 26.9 Å². The van der Waals surface area contributed by atoms with E-state index in [1.165, 1.54) is 30.4 Å². The van der Waals surface area contributed by atoms with Gasteiger partial charge in [0.2, 0.25) is 0 Å². The van der Waals surface area contributed by atoms with Gasteiger partial charge in [-0.25, -0.2) is 0 Å². The first-order valence-corrected chi connectivity index (χ1v) is 17.9. The van der Waals surface area contributed by atoms with E-state index in [-0.39, 0.29) is 28.6 Å². The third-order valence-electron chi connectivity index (χ3n) is 13.3. The molecule has 0 aliphatic heterocycles. The third kappa shape index (κ3) is 7.08. The Morgan fingerprint density at radius 1 is 0.844 bits per heavy atom. The summed E-state index contributed by atoms with van der Waals surface area (Å²) in [7, 11) is 5.20. The number of rotatable bonds is 14. The molecule has 1 N–H and O–H groups in total. The summed E-state index contributed by atoms with van der Waals surface area (Å²) < 4.78 is 23.6. The van der Waals surface area contributed by atoms with Crippen molar-refractivity contribution >= 4 is 0 Å². The molecule has 7 atom stereocenters. The monoisotopic (exact) mass is 626 g/mol. The van der Waals surface area contributed by atoms with Gasteiger partial charge < -0.3 is 24.1 Å². The minimum absolute atomic E-state index is 0.0439. The van der Waals surface area contributed by atoms with E-state index in [2.05, 4.69) is 67.5 Å². The van der Waals surface area contributed by atoms with Crippen molar-refractivity contribution in [3.8, 4) is 5.75 Å². The van der Waals surface area contributed by atoms with Crippen molar-refractivity contribution in [2.45, 2.75) is 144 Å². The minimum Gasteiger partial charge on any atom is -0.497 e. The van der Waals surface area contributed by atoms with Gasteiger partial charge in [0.15, 0.2) is 6.29 Å². The summed E-state index contributed by atoms with van der Waals surface area (Å²) >= 11 is 0. The summed E-state index contributed by atoms with van der Waals surface area (Å²) in [4.78, 5) is 0. The van der Waals surface area contributed by atoms with Crippen molar-refractivity contribution in [2.24, 2.45) is 39.9 Å². The molecule has 1 fully saturated rings. The van der Waals surface area contributed by atoms with Crippen LogP contribution in [0.3, 0.4) is 0 Å². The van der Waals surface area contributed by atoms with E-state index in [1.807, 2.05) is 12.1 Å². The van der Waals surface area contributed by atoms with Gasteiger partial charge in [0.1, 0.15) is 5.75 Å². The maximum Gasteiger partial charge on any atom is 0.157 e. The molecule has 3 aliphatic carbocycles. The molecule has 1 aromatic rings. The van der Waals surface area contributed by atoms with Crippen molar-refractivity contribution in [3.63, 3.8) is 0 Å². The summed E-state index contributed by atoms with van der Waals surface area (Å²) in [5.74, 6) is 2.88. The first-order chi connectivity index (χ1) is 21.1. The Balaban J connectivity index is 1.59. The second-order valence-corrected chi connectivity index (χ2v) is 16.5. The van der Waals surface area contributed by atoms with Gasteiger partial charge in [-0.05, 0) is 103 Å². The molecule has 45 heavy (non-hydrogen) atoms. The highest BCUT2D eigenvalue weighted by Gasteiger charge is 2.61. The topological polar surface area (TPSA) is 57.2 Å². The number of allylic oxidation sites excluding steroid dienone is 1. The van der Waals surface area contributed by atoms with Crippen LogP contribution in [0.5, 0.6) is 5.75 Å². The molecular weight excluding hydrogens is 560 g/mol. The van der Waals surface area contributed by atoms with E-state index in [9.17, 15) is 5.11 Å². The van der Waals surface area contributed by atoms with Crippen molar-refractivity contribution < 1.29 is 24.1 Å². The maximum absolute atomic E-state index is 12.8. The lowest BCUT2D eigenvalue weighted by molar-refractivity contribution is -0.162. The predicted octanol–water partition coefficient (Wildman–Crippen LogP) is 9.75. The number of hydrogen-bond donors (Lipinski definition) is 1. The van der Waals surface area contributed by atoms with Crippen LogP contribution in [0, 0.1) is 39.9 Å². The molecule has 256 valence electrons. The first-order valence-electron chi connectivity index (χ1n) is 17.9. The van der Waals surface area contributed by atoms with E-state index < -0.39 is 5.60 Å². The van der Waals surface area contributed by atoms with Crippen LogP contribution in [-0.4, -0.2) is 44.4 Å². The number of benzene rings is 1. The average Bonchev–Trinajstić information content (AvgIpc) is 2.99. The van der Waals surface area contributed by atoms with Crippen LogP contribution in [0.1, 0.15) is 125 Å². The summed E-state index contributed by atoms with van der Waals surface area (Å²) in [6, 6.07) is 8.25. The Kier molecular flexibility index (Phi) is 11.6. The maximum atomic E-state index is 12.8. The summed E-state index contributed by atoms with van der Waals surface area (Å²) in [6.45, 7) is 19.6. The van der Waals surface area contributed by atoms with Crippen molar-refractivity contribution in [2.75, 3.05) is 21.3 Å². The lowest BCUT2D eigenvalue weighted by Gasteiger charge is -2.63. The largest absolute Gasteiger partial charge is 0.497 e. The van der Waals surface area contributed by atoms with E-state index in [0.717, 1.165) is 50.7 Å². The standard InChI is InChI=1S/C40H66O5/c1-27(2)13-12-14-28(3)33(25-36(43-10)44-11)39(7)24-21-31-32(40(39,8)41)19-20-34-37(4,5)35(22-23-38(31,34)6)45-26-29-15-17-30(42-9)18-16-29/h15-18,27-28,33-36,41H,12-14,19-26H2,1-11H3/t28-,33-,34+,35+,38-,39-,40+/m1/s1. The Morgan fingerprint density at radius 2 is 1.51 bits per heavy atom. The SMILES string of the molecule is COc1ccc(CO[C@H]2CC[C@]3(C)C4=C(CC[C@H]3C2(C)C)[C@](C)(O)[C@@](C)([C@H](CC(OC)OC)[C@H](C)CCCC(C)C)CC4)cc1. The third-order valence-corrected chi connectivity index (χ3v) is 13.3. The molecule has 4 rings (SSSR count). The van der Waals surface area contributed by atoms with Gasteiger partial charge in [-0.15, -0.1) is 0 Å². The van der Waals surface area contributed by atoms with Crippen LogP contribution < -0.4 is 4.74 Å². The summed E-state index contributed by atoms with van der Waals surface area (Å²) in [6.07, 6.45) is 10.7. The summed E-state index contributed by atoms with van der Waals surface area (Å²) in [5, 5.41) is 12.8. The molecule has 0 amide bonds. The van der Waals surface area contributed by atoms with Crippen LogP contribution in [0.15, 0.2) is 35.4 Å². The highest BCUT2D eigenvalue weighted by molar-refractivity contribution is 5.39. The molecule has 5 nitrogen and oxygen atoms in total.